The summed E-state index contributed by atoms with van der Waals surface area (Å²) >= 11 is 5.95. The van der Waals surface area contributed by atoms with Crippen molar-refractivity contribution in [3.05, 3.63) is 29.2 Å². The van der Waals surface area contributed by atoms with Gasteiger partial charge in [0, 0.05) is 12.1 Å². The SMILES string of the molecule is CC(C)c1nnc2c(Cl)cccn12. The number of nitrogens with zero attached hydrogens (tertiary/aromatic N) is 3. The summed E-state index contributed by atoms with van der Waals surface area (Å²) in [6.45, 7) is 4.16. The highest BCUT2D eigenvalue weighted by Gasteiger charge is 2.09. The van der Waals surface area contributed by atoms with Gasteiger partial charge < -0.3 is 0 Å². The maximum absolute atomic E-state index is 5.95. The first kappa shape index (κ1) is 8.51. The quantitative estimate of drug-likeness (QED) is 0.700. The minimum atomic E-state index is 0.355. The van der Waals surface area contributed by atoms with Gasteiger partial charge in [-0.25, -0.2) is 0 Å². The maximum Gasteiger partial charge on any atom is 0.179 e. The molecule has 0 aliphatic heterocycles. The lowest BCUT2D eigenvalue weighted by Gasteiger charge is -2.01. The molecule has 0 aliphatic rings. The highest BCUT2D eigenvalue weighted by Crippen LogP contribution is 2.18. The Hall–Kier alpha value is -1.09. The van der Waals surface area contributed by atoms with Crippen LogP contribution < -0.4 is 0 Å². The zero-order valence-corrected chi connectivity index (χ0v) is 8.28. The van der Waals surface area contributed by atoms with Crippen molar-refractivity contribution in [1.82, 2.24) is 14.6 Å². The van der Waals surface area contributed by atoms with E-state index in [1.165, 1.54) is 0 Å². The second-order valence-corrected chi connectivity index (χ2v) is 3.67. The largest absolute Gasteiger partial charge is 0.285 e. The number of halogens is 1. The molecule has 0 radical (unpaired) electrons. The number of hydrogen-bond acceptors (Lipinski definition) is 2. The molecule has 0 spiro atoms. The summed E-state index contributed by atoms with van der Waals surface area (Å²) in [7, 11) is 0. The molecule has 0 N–H and O–H groups in total. The molecule has 3 nitrogen and oxygen atoms in total. The maximum atomic E-state index is 5.95. The molecule has 0 fully saturated rings. The van der Waals surface area contributed by atoms with E-state index in [1.807, 2.05) is 22.7 Å². The van der Waals surface area contributed by atoms with Gasteiger partial charge in [0.1, 0.15) is 5.82 Å². The molecule has 0 saturated heterocycles. The van der Waals surface area contributed by atoms with Crippen LogP contribution in [0.2, 0.25) is 5.02 Å². The zero-order chi connectivity index (χ0) is 9.42. The third-order valence-corrected chi connectivity index (χ3v) is 2.22. The molecule has 2 heterocycles. The second kappa shape index (κ2) is 3.00. The summed E-state index contributed by atoms with van der Waals surface area (Å²) in [5.41, 5.74) is 0.730. The van der Waals surface area contributed by atoms with Crippen molar-refractivity contribution in [3.8, 4) is 0 Å². The van der Waals surface area contributed by atoms with Crippen molar-refractivity contribution < 1.29 is 0 Å². The van der Waals surface area contributed by atoms with Crippen molar-refractivity contribution in [3.63, 3.8) is 0 Å². The van der Waals surface area contributed by atoms with Crippen molar-refractivity contribution in [2.75, 3.05) is 0 Å². The van der Waals surface area contributed by atoms with Crippen molar-refractivity contribution in [1.29, 1.82) is 0 Å². The Morgan fingerprint density at radius 3 is 2.85 bits per heavy atom. The third-order valence-electron chi connectivity index (χ3n) is 1.93. The van der Waals surface area contributed by atoms with Crippen LogP contribution in [0.1, 0.15) is 25.6 Å². The molecule has 2 aromatic rings. The molecule has 0 unspecified atom stereocenters. The van der Waals surface area contributed by atoms with Gasteiger partial charge in [0.05, 0.1) is 5.02 Å². The predicted octanol–water partition coefficient (Wildman–Crippen LogP) is 2.51. The molecule has 2 rings (SSSR count). The Labute approximate surface area is 81.4 Å². The average Bonchev–Trinajstić information content (AvgIpc) is 2.48. The smallest absolute Gasteiger partial charge is 0.179 e. The normalized spacial score (nSPS) is 11.4. The summed E-state index contributed by atoms with van der Waals surface area (Å²) in [6, 6.07) is 3.71. The fraction of sp³-hybridized carbons (Fsp3) is 0.333. The zero-order valence-electron chi connectivity index (χ0n) is 7.53. The van der Waals surface area contributed by atoms with Crippen LogP contribution in [-0.2, 0) is 0 Å². The number of fused-ring (bicyclic) bond motifs is 1. The van der Waals surface area contributed by atoms with E-state index in [0.29, 0.717) is 10.9 Å². The molecule has 13 heavy (non-hydrogen) atoms. The van der Waals surface area contributed by atoms with Gasteiger partial charge in [0.15, 0.2) is 5.65 Å². The molecular weight excluding hydrogens is 186 g/mol. The van der Waals surface area contributed by atoms with Crippen LogP contribution in [-0.4, -0.2) is 14.6 Å². The lowest BCUT2D eigenvalue weighted by Crippen LogP contribution is -1.96. The monoisotopic (exact) mass is 195 g/mol. The van der Waals surface area contributed by atoms with E-state index in [-0.39, 0.29) is 0 Å². The Balaban J connectivity index is 2.75. The van der Waals surface area contributed by atoms with Gasteiger partial charge in [-0.2, -0.15) is 0 Å². The van der Waals surface area contributed by atoms with Crippen LogP contribution in [0.3, 0.4) is 0 Å². The molecule has 0 amide bonds. The molecule has 0 saturated carbocycles. The predicted molar refractivity (Wildman–Crippen MR) is 52.1 cm³/mol. The van der Waals surface area contributed by atoms with Crippen LogP contribution in [0, 0.1) is 0 Å². The van der Waals surface area contributed by atoms with Gasteiger partial charge in [-0.15, -0.1) is 10.2 Å². The summed E-state index contributed by atoms with van der Waals surface area (Å²) in [4.78, 5) is 0. The average molecular weight is 196 g/mol. The molecule has 68 valence electrons. The molecule has 0 bridgehead atoms. The second-order valence-electron chi connectivity index (χ2n) is 3.26. The minimum absolute atomic E-state index is 0.355. The molecule has 4 heteroatoms. The van der Waals surface area contributed by atoms with Crippen molar-refractivity contribution in [2.24, 2.45) is 0 Å². The lowest BCUT2D eigenvalue weighted by atomic mass is 10.2. The first-order valence-electron chi connectivity index (χ1n) is 4.19. The summed E-state index contributed by atoms with van der Waals surface area (Å²) in [6.07, 6.45) is 1.93. The van der Waals surface area contributed by atoms with Gasteiger partial charge in [-0.05, 0) is 12.1 Å². The van der Waals surface area contributed by atoms with Crippen LogP contribution in [0.4, 0.5) is 0 Å². The summed E-state index contributed by atoms with van der Waals surface area (Å²) in [5, 5.41) is 8.75. The van der Waals surface area contributed by atoms with E-state index in [0.717, 1.165) is 11.5 Å². The van der Waals surface area contributed by atoms with Crippen LogP contribution in [0.15, 0.2) is 18.3 Å². The number of pyridine rings is 1. The van der Waals surface area contributed by atoms with E-state index in [4.69, 9.17) is 11.6 Å². The Kier molecular flexibility index (Phi) is 1.96. The summed E-state index contributed by atoms with van der Waals surface area (Å²) < 4.78 is 1.92. The van der Waals surface area contributed by atoms with E-state index < -0.39 is 0 Å². The highest BCUT2D eigenvalue weighted by atomic mass is 35.5. The van der Waals surface area contributed by atoms with Gasteiger partial charge in [0.2, 0.25) is 0 Å². The van der Waals surface area contributed by atoms with E-state index in [1.54, 1.807) is 0 Å². The fourth-order valence-electron chi connectivity index (χ4n) is 1.30. The van der Waals surface area contributed by atoms with E-state index in [9.17, 15) is 0 Å². The Morgan fingerprint density at radius 1 is 1.38 bits per heavy atom. The van der Waals surface area contributed by atoms with Crippen LogP contribution in [0.5, 0.6) is 0 Å². The summed E-state index contributed by atoms with van der Waals surface area (Å²) in [5.74, 6) is 1.30. The third kappa shape index (κ3) is 1.29. The van der Waals surface area contributed by atoms with Crippen LogP contribution in [0.25, 0.3) is 5.65 Å². The minimum Gasteiger partial charge on any atom is -0.285 e. The van der Waals surface area contributed by atoms with Crippen molar-refractivity contribution >= 4 is 17.2 Å². The highest BCUT2D eigenvalue weighted by molar-refractivity contribution is 6.33. The Morgan fingerprint density at radius 2 is 2.15 bits per heavy atom. The van der Waals surface area contributed by atoms with Gasteiger partial charge >= 0.3 is 0 Å². The molecular formula is C9H10ClN3. The number of aromatic nitrogens is 3. The van der Waals surface area contributed by atoms with Crippen molar-refractivity contribution in [2.45, 2.75) is 19.8 Å². The first-order valence-corrected chi connectivity index (χ1v) is 4.57. The van der Waals surface area contributed by atoms with E-state index >= 15 is 0 Å². The standard InChI is InChI=1S/C9H10ClN3/c1-6(2)8-11-12-9-7(10)4-3-5-13(8)9/h3-6H,1-2H3. The lowest BCUT2D eigenvalue weighted by molar-refractivity contribution is 0.759. The van der Waals surface area contributed by atoms with Gasteiger partial charge in [0.25, 0.3) is 0 Å². The van der Waals surface area contributed by atoms with Crippen LogP contribution >= 0.6 is 11.6 Å². The molecule has 0 aliphatic carbocycles. The first-order chi connectivity index (χ1) is 6.20. The van der Waals surface area contributed by atoms with E-state index in [2.05, 4.69) is 24.0 Å². The molecule has 0 aromatic carbocycles. The topological polar surface area (TPSA) is 30.2 Å². The Bertz CT molecular complexity index is 433. The van der Waals surface area contributed by atoms with Gasteiger partial charge in [-0.3, -0.25) is 4.40 Å². The number of rotatable bonds is 1. The van der Waals surface area contributed by atoms with Gasteiger partial charge in [-0.1, -0.05) is 25.4 Å². The molecule has 2 aromatic heterocycles. The number of hydrogen-bond donors (Lipinski definition) is 0. The fourth-order valence-corrected chi connectivity index (χ4v) is 1.50. The molecule has 0 atom stereocenters.